The van der Waals surface area contributed by atoms with Crippen LogP contribution in [0.5, 0.6) is 6.01 Å². The lowest BCUT2D eigenvalue weighted by molar-refractivity contribution is 0.316. The molecule has 16 heavy (non-hydrogen) atoms. The monoisotopic (exact) mass is 217 g/mol. The first-order valence-corrected chi connectivity index (χ1v) is 5.29. The average molecular weight is 217 g/mol. The minimum absolute atomic E-state index is 0.451. The van der Waals surface area contributed by atoms with Crippen molar-refractivity contribution >= 4 is 5.69 Å². The fraction of sp³-hybridized carbons (Fsp3) is 0.333. The van der Waals surface area contributed by atoms with Crippen LogP contribution in [0.4, 0.5) is 5.69 Å². The molecule has 0 unspecified atom stereocenters. The highest BCUT2D eigenvalue weighted by atomic mass is 16.5. The Kier molecular flexibility index (Phi) is 2.90. The van der Waals surface area contributed by atoms with Gasteiger partial charge < -0.3 is 9.64 Å². The fourth-order valence-electron chi connectivity index (χ4n) is 1.57. The summed E-state index contributed by atoms with van der Waals surface area (Å²) in [5, 5.41) is 0. The van der Waals surface area contributed by atoms with Crippen molar-refractivity contribution in [1.82, 2.24) is 9.97 Å². The molecule has 0 aromatic carbocycles. The minimum atomic E-state index is 0.451. The van der Waals surface area contributed by atoms with E-state index < -0.39 is 0 Å². The Balaban J connectivity index is 2.55. The second-order valence-electron chi connectivity index (χ2n) is 3.67. The molecular weight excluding hydrogens is 202 g/mol. The number of nitrogens with zero attached hydrogens (tertiary/aromatic N) is 3. The largest absolute Gasteiger partial charge is 0.464 e. The lowest BCUT2D eigenvalue weighted by Gasteiger charge is -2.11. The van der Waals surface area contributed by atoms with Gasteiger partial charge in [-0.3, -0.25) is 0 Å². The summed E-state index contributed by atoms with van der Waals surface area (Å²) in [4.78, 5) is 10.7. The summed E-state index contributed by atoms with van der Waals surface area (Å²) in [6, 6.07) is 8.36. The molecule has 84 valence electrons. The van der Waals surface area contributed by atoms with Crippen LogP contribution >= 0.6 is 0 Å². The van der Waals surface area contributed by atoms with E-state index >= 15 is 0 Å². The van der Waals surface area contributed by atoms with Gasteiger partial charge in [-0.2, -0.15) is 9.97 Å². The Morgan fingerprint density at radius 3 is 2.62 bits per heavy atom. The second kappa shape index (κ2) is 4.35. The van der Waals surface area contributed by atoms with Gasteiger partial charge in [-0.15, -0.1) is 0 Å². The third kappa shape index (κ3) is 1.91. The van der Waals surface area contributed by atoms with Gasteiger partial charge in [0, 0.05) is 14.1 Å². The van der Waals surface area contributed by atoms with Gasteiger partial charge in [0.2, 0.25) is 0 Å². The van der Waals surface area contributed by atoms with Crippen molar-refractivity contribution < 1.29 is 4.74 Å². The van der Waals surface area contributed by atoms with Crippen LogP contribution in [0.25, 0.3) is 11.4 Å². The molecule has 0 amide bonds. The zero-order valence-electron chi connectivity index (χ0n) is 9.77. The second-order valence-corrected chi connectivity index (χ2v) is 3.67. The molecule has 0 saturated heterocycles. The highest BCUT2D eigenvalue weighted by Gasteiger charge is 2.15. The molecule has 2 aliphatic rings. The molecule has 0 aromatic rings. The molecule has 2 rings (SSSR count). The molecule has 0 spiro atoms. The predicted molar refractivity (Wildman–Crippen MR) is 64.2 cm³/mol. The first-order valence-electron chi connectivity index (χ1n) is 5.29. The fourth-order valence-corrected chi connectivity index (χ4v) is 1.57. The van der Waals surface area contributed by atoms with Crippen molar-refractivity contribution in [2.24, 2.45) is 0 Å². The van der Waals surface area contributed by atoms with Crippen molar-refractivity contribution in [3.63, 3.8) is 0 Å². The highest BCUT2D eigenvalue weighted by Crippen LogP contribution is 2.29. The number of aromatic nitrogens is 2. The lowest BCUT2D eigenvalue weighted by Crippen LogP contribution is -2.09. The zero-order chi connectivity index (χ0) is 11.5. The Labute approximate surface area is 95.2 Å². The highest BCUT2D eigenvalue weighted by molar-refractivity contribution is 5.73. The molecule has 4 heteroatoms. The Hall–Kier alpha value is -1.84. The van der Waals surface area contributed by atoms with Crippen LogP contribution in [0, 0.1) is 0 Å². The van der Waals surface area contributed by atoms with E-state index in [2.05, 4.69) is 9.97 Å². The van der Waals surface area contributed by atoms with E-state index in [4.69, 9.17) is 4.74 Å². The van der Waals surface area contributed by atoms with Crippen LogP contribution in [0.15, 0.2) is 24.3 Å². The average Bonchev–Trinajstić information content (AvgIpc) is 2.51. The van der Waals surface area contributed by atoms with Crippen molar-refractivity contribution in [3.05, 3.63) is 24.3 Å². The summed E-state index contributed by atoms with van der Waals surface area (Å²) in [5.41, 5.74) is 2.77. The van der Waals surface area contributed by atoms with Gasteiger partial charge in [-0.1, -0.05) is 12.1 Å². The van der Waals surface area contributed by atoms with Crippen LogP contribution in [-0.2, 0) is 0 Å². The van der Waals surface area contributed by atoms with E-state index in [-0.39, 0.29) is 0 Å². The third-order valence-electron chi connectivity index (χ3n) is 2.28. The number of fused-ring (bicyclic) bond motifs is 1. The SMILES string of the molecule is CCOc1nc2ccccc(N(C)C)c-2n1. The first kappa shape index (κ1) is 10.7. The molecule has 0 N–H and O–H groups in total. The summed E-state index contributed by atoms with van der Waals surface area (Å²) >= 11 is 0. The van der Waals surface area contributed by atoms with Crippen molar-refractivity contribution in [3.8, 4) is 17.4 Å². The quantitative estimate of drug-likeness (QED) is 0.788. The van der Waals surface area contributed by atoms with Gasteiger partial charge in [0.05, 0.1) is 18.0 Å². The summed E-state index contributed by atoms with van der Waals surface area (Å²) in [6.07, 6.45) is 0. The molecule has 0 bridgehead atoms. The Bertz CT molecular complexity index is 456. The van der Waals surface area contributed by atoms with E-state index in [0.717, 1.165) is 17.1 Å². The molecular formula is C12H15N3O. The maximum atomic E-state index is 5.32. The number of rotatable bonds is 3. The Morgan fingerprint density at radius 2 is 1.94 bits per heavy atom. The molecule has 0 aromatic heterocycles. The van der Waals surface area contributed by atoms with Crippen molar-refractivity contribution in [1.29, 1.82) is 0 Å². The van der Waals surface area contributed by atoms with Gasteiger partial charge in [0.15, 0.2) is 0 Å². The van der Waals surface area contributed by atoms with Crippen molar-refractivity contribution in [2.75, 3.05) is 25.6 Å². The molecule has 0 atom stereocenters. The van der Waals surface area contributed by atoms with Crippen LogP contribution in [0.3, 0.4) is 0 Å². The topological polar surface area (TPSA) is 38.2 Å². The summed E-state index contributed by atoms with van der Waals surface area (Å²) in [6.45, 7) is 2.51. The molecule has 0 radical (unpaired) electrons. The molecule has 1 heterocycles. The molecule has 4 nitrogen and oxygen atoms in total. The van der Waals surface area contributed by atoms with Crippen LogP contribution < -0.4 is 9.64 Å². The van der Waals surface area contributed by atoms with Crippen molar-refractivity contribution in [2.45, 2.75) is 6.92 Å². The third-order valence-corrected chi connectivity index (χ3v) is 2.28. The van der Waals surface area contributed by atoms with Crippen LogP contribution in [-0.4, -0.2) is 30.7 Å². The molecule has 0 fully saturated rings. The van der Waals surface area contributed by atoms with Gasteiger partial charge >= 0.3 is 6.01 Å². The van der Waals surface area contributed by atoms with Crippen LogP contribution in [0.1, 0.15) is 6.92 Å². The first-order chi connectivity index (χ1) is 7.72. The summed E-state index contributed by atoms with van der Waals surface area (Å²) in [5.74, 6) is 0. The van der Waals surface area contributed by atoms with E-state index in [1.165, 1.54) is 0 Å². The van der Waals surface area contributed by atoms with Crippen LogP contribution in [0.2, 0.25) is 0 Å². The molecule has 0 saturated carbocycles. The van der Waals surface area contributed by atoms with E-state index in [0.29, 0.717) is 12.6 Å². The van der Waals surface area contributed by atoms with Gasteiger partial charge in [0.1, 0.15) is 5.69 Å². The van der Waals surface area contributed by atoms with E-state index in [1.54, 1.807) is 0 Å². The maximum absolute atomic E-state index is 5.32. The summed E-state index contributed by atoms with van der Waals surface area (Å²) in [7, 11) is 3.98. The van der Waals surface area contributed by atoms with E-state index in [9.17, 15) is 0 Å². The smallest absolute Gasteiger partial charge is 0.317 e. The predicted octanol–water partition coefficient (Wildman–Crippen LogP) is 2.05. The number of imidazole rings is 1. The standard InChI is InChI=1S/C12H15N3O/c1-4-16-12-13-9-7-5-6-8-10(15(2)3)11(9)14-12/h5-8H,4H2,1-3H3. The molecule has 1 aliphatic carbocycles. The van der Waals surface area contributed by atoms with E-state index in [1.807, 2.05) is 50.2 Å². The summed E-state index contributed by atoms with van der Waals surface area (Å²) < 4.78 is 5.32. The zero-order valence-corrected chi connectivity index (χ0v) is 9.77. The van der Waals surface area contributed by atoms with Gasteiger partial charge in [0.25, 0.3) is 0 Å². The van der Waals surface area contributed by atoms with Gasteiger partial charge in [-0.05, 0) is 19.1 Å². The number of anilines is 1. The van der Waals surface area contributed by atoms with Gasteiger partial charge in [-0.25, -0.2) is 0 Å². The number of hydrogen-bond acceptors (Lipinski definition) is 4. The minimum Gasteiger partial charge on any atom is -0.464 e. The Morgan fingerprint density at radius 1 is 1.19 bits per heavy atom. The number of hydrogen-bond donors (Lipinski definition) is 0. The molecule has 1 aliphatic heterocycles. The normalized spacial score (nSPS) is 10.4. The number of ether oxygens (including phenoxy) is 1. The maximum Gasteiger partial charge on any atom is 0.317 e. The lowest BCUT2D eigenvalue weighted by atomic mass is 10.2.